The highest BCUT2D eigenvalue weighted by molar-refractivity contribution is 7.77. The molecule has 0 bridgehead atoms. The van der Waals surface area contributed by atoms with E-state index in [4.69, 9.17) is 0 Å². The molecule has 1 unspecified atom stereocenters. The molecule has 0 spiro atoms. The largest absolute Gasteiger partial charge is 0.250 e. The van der Waals surface area contributed by atoms with Crippen LogP contribution in [0.5, 0.6) is 0 Å². The number of hydrogen-bond donors (Lipinski definition) is 1. The quantitative estimate of drug-likeness (QED) is 0.558. The van der Waals surface area contributed by atoms with Crippen molar-refractivity contribution in [2.75, 3.05) is 6.54 Å². The molecule has 0 amide bonds. The van der Waals surface area contributed by atoms with Crippen molar-refractivity contribution in [2.24, 2.45) is 0 Å². The molecule has 0 aliphatic carbocycles. The Hall–Kier alpha value is 0.310. The van der Waals surface area contributed by atoms with Crippen LogP contribution in [0.15, 0.2) is 0 Å². The molecule has 1 heterocycles. The van der Waals surface area contributed by atoms with Gasteiger partial charge in [0, 0.05) is 12.6 Å². The molecule has 1 nitrogen and oxygen atoms in total. The first kappa shape index (κ1) is 6.43. The normalized spacial score (nSPS) is 30.0. The minimum atomic E-state index is 0.795. The molecule has 0 saturated carbocycles. The van der Waals surface area contributed by atoms with Gasteiger partial charge in [0.05, 0.1) is 0 Å². The lowest BCUT2D eigenvalue weighted by molar-refractivity contribution is 0.210. The summed E-state index contributed by atoms with van der Waals surface area (Å²) >= 11 is 4.25. The van der Waals surface area contributed by atoms with Gasteiger partial charge in [-0.3, -0.25) is 4.31 Å². The molecule has 0 aromatic carbocycles. The van der Waals surface area contributed by atoms with Crippen LogP contribution in [0.1, 0.15) is 26.2 Å². The molecular weight excluding hydrogens is 118 g/mol. The predicted octanol–water partition coefficient (Wildman–Crippen LogP) is 1.71. The van der Waals surface area contributed by atoms with E-state index in [1.54, 1.807) is 0 Å². The lowest BCUT2D eigenvalue weighted by Crippen LogP contribution is -2.40. The van der Waals surface area contributed by atoms with E-state index in [0.29, 0.717) is 0 Å². The Bertz CT molecular complexity index is 74.9. The smallest absolute Gasteiger partial charge is 0.0212 e. The Morgan fingerprint density at radius 2 is 2.50 bits per heavy atom. The van der Waals surface area contributed by atoms with E-state index in [2.05, 4.69) is 24.0 Å². The van der Waals surface area contributed by atoms with E-state index in [-0.39, 0.29) is 0 Å². The zero-order valence-electron chi connectivity index (χ0n) is 5.30. The van der Waals surface area contributed by atoms with E-state index in [1.165, 1.54) is 25.8 Å². The van der Waals surface area contributed by atoms with Gasteiger partial charge in [0.25, 0.3) is 0 Å². The highest BCUT2D eigenvalue weighted by atomic mass is 32.1. The van der Waals surface area contributed by atoms with Crippen LogP contribution in [0.25, 0.3) is 0 Å². The van der Waals surface area contributed by atoms with Crippen LogP contribution in [0, 0.1) is 0 Å². The van der Waals surface area contributed by atoms with Gasteiger partial charge in [-0.15, -0.1) is 0 Å². The summed E-state index contributed by atoms with van der Waals surface area (Å²) < 4.78 is 2.13. The van der Waals surface area contributed by atoms with Gasteiger partial charge in [0.15, 0.2) is 0 Å². The van der Waals surface area contributed by atoms with E-state index in [0.717, 1.165) is 6.04 Å². The van der Waals surface area contributed by atoms with Crippen LogP contribution in [0.3, 0.4) is 0 Å². The molecule has 1 aliphatic heterocycles. The van der Waals surface area contributed by atoms with E-state index >= 15 is 0 Å². The fourth-order valence-electron chi connectivity index (χ4n) is 1.05. The zero-order chi connectivity index (χ0) is 5.98. The van der Waals surface area contributed by atoms with Crippen LogP contribution in [0.2, 0.25) is 0 Å². The van der Waals surface area contributed by atoms with Crippen molar-refractivity contribution in [2.45, 2.75) is 32.2 Å². The minimum absolute atomic E-state index is 0.795. The van der Waals surface area contributed by atoms with Crippen molar-refractivity contribution in [3.63, 3.8) is 0 Å². The topological polar surface area (TPSA) is 3.24 Å². The average molecular weight is 131 g/mol. The highest BCUT2D eigenvalue weighted by Gasteiger charge is 2.23. The van der Waals surface area contributed by atoms with Crippen LogP contribution in [0.4, 0.5) is 0 Å². The Kier molecular flexibility index (Phi) is 2.20. The van der Waals surface area contributed by atoms with E-state index in [9.17, 15) is 0 Å². The zero-order valence-corrected chi connectivity index (χ0v) is 6.19. The van der Waals surface area contributed by atoms with E-state index < -0.39 is 0 Å². The Morgan fingerprint density at radius 1 is 1.75 bits per heavy atom. The van der Waals surface area contributed by atoms with Gasteiger partial charge in [-0.25, -0.2) is 0 Å². The second-order valence-corrected chi connectivity index (χ2v) is 2.91. The first-order chi connectivity index (χ1) is 3.84. The summed E-state index contributed by atoms with van der Waals surface area (Å²) in [6, 6.07) is 0.795. The van der Waals surface area contributed by atoms with Crippen molar-refractivity contribution in [3.05, 3.63) is 0 Å². The molecule has 1 aliphatic rings. The molecule has 0 aromatic heterocycles. The maximum atomic E-state index is 4.25. The molecule has 0 radical (unpaired) electrons. The molecule has 1 atom stereocenters. The van der Waals surface area contributed by atoms with Gasteiger partial charge in [0.1, 0.15) is 0 Å². The fourth-order valence-corrected chi connectivity index (χ4v) is 1.40. The fraction of sp³-hybridized carbons (Fsp3) is 1.00. The Labute approximate surface area is 56.6 Å². The first-order valence-corrected chi connectivity index (χ1v) is 3.70. The molecule has 0 N–H and O–H groups in total. The van der Waals surface area contributed by atoms with E-state index in [1.807, 2.05) is 0 Å². The average Bonchev–Trinajstić information content (AvgIpc) is 1.79. The van der Waals surface area contributed by atoms with Crippen molar-refractivity contribution >= 4 is 12.8 Å². The Morgan fingerprint density at radius 3 is 2.62 bits per heavy atom. The van der Waals surface area contributed by atoms with Gasteiger partial charge in [0.2, 0.25) is 0 Å². The van der Waals surface area contributed by atoms with Gasteiger partial charge >= 0.3 is 0 Å². The minimum Gasteiger partial charge on any atom is -0.250 e. The SMILES string of the molecule is CCCC1CCN1S. The predicted molar refractivity (Wildman–Crippen MR) is 39.0 cm³/mol. The maximum Gasteiger partial charge on any atom is 0.0212 e. The van der Waals surface area contributed by atoms with Crippen LogP contribution >= 0.6 is 12.8 Å². The highest BCUT2D eigenvalue weighted by Crippen LogP contribution is 2.22. The summed E-state index contributed by atoms with van der Waals surface area (Å²) in [6.07, 6.45) is 3.97. The van der Waals surface area contributed by atoms with Gasteiger partial charge < -0.3 is 0 Å². The van der Waals surface area contributed by atoms with Crippen molar-refractivity contribution < 1.29 is 0 Å². The van der Waals surface area contributed by atoms with Gasteiger partial charge in [-0.1, -0.05) is 26.2 Å². The number of hydrogen-bond acceptors (Lipinski definition) is 2. The third-order valence-electron chi connectivity index (χ3n) is 1.73. The second-order valence-electron chi connectivity index (χ2n) is 2.39. The number of nitrogens with zero attached hydrogens (tertiary/aromatic N) is 1. The summed E-state index contributed by atoms with van der Waals surface area (Å²) in [5, 5.41) is 0. The van der Waals surface area contributed by atoms with Crippen molar-refractivity contribution in [1.29, 1.82) is 0 Å². The van der Waals surface area contributed by atoms with Gasteiger partial charge in [-0.2, -0.15) is 0 Å². The molecular formula is C6H13NS. The third-order valence-corrected chi connectivity index (χ3v) is 2.26. The molecule has 1 rings (SSSR count). The molecule has 1 fully saturated rings. The summed E-state index contributed by atoms with van der Waals surface area (Å²) in [7, 11) is 0. The molecule has 8 heavy (non-hydrogen) atoms. The Balaban J connectivity index is 2.08. The lowest BCUT2D eigenvalue weighted by Gasteiger charge is -2.36. The van der Waals surface area contributed by atoms with Crippen LogP contribution in [-0.2, 0) is 0 Å². The van der Waals surface area contributed by atoms with Crippen LogP contribution in [-0.4, -0.2) is 16.9 Å². The molecule has 2 heteroatoms. The summed E-state index contributed by atoms with van der Waals surface area (Å²) in [5.74, 6) is 0. The summed E-state index contributed by atoms with van der Waals surface area (Å²) in [5.41, 5.74) is 0. The second kappa shape index (κ2) is 2.74. The molecule has 1 saturated heterocycles. The maximum absolute atomic E-state index is 4.25. The monoisotopic (exact) mass is 131 g/mol. The number of thiol groups is 1. The third kappa shape index (κ3) is 1.17. The van der Waals surface area contributed by atoms with Crippen LogP contribution < -0.4 is 0 Å². The summed E-state index contributed by atoms with van der Waals surface area (Å²) in [4.78, 5) is 0. The molecule has 0 aromatic rings. The standard InChI is InChI=1S/C6H13NS/c1-2-3-6-4-5-7(6)8/h6,8H,2-5H2,1H3. The number of rotatable bonds is 2. The summed E-state index contributed by atoms with van der Waals surface area (Å²) in [6.45, 7) is 3.41. The molecule has 48 valence electrons. The van der Waals surface area contributed by atoms with Crippen molar-refractivity contribution in [3.8, 4) is 0 Å². The van der Waals surface area contributed by atoms with Crippen molar-refractivity contribution in [1.82, 2.24) is 4.31 Å². The first-order valence-electron chi connectivity index (χ1n) is 3.30. The van der Waals surface area contributed by atoms with Gasteiger partial charge in [-0.05, 0) is 12.8 Å². The lowest BCUT2D eigenvalue weighted by atomic mass is 10.0.